The molecule has 8 nitrogen and oxygen atoms in total. The number of benzene rings is 2. The standard InChI is InChI=1S/C26H22N4O4S2/c1-14-21(12-31)27-25(35-14)17-6-4-5-16(7-17)13-33-22-8-18(32-3)9-23-19(22)10-24(34-23)20-11-30-26(28-20)36-15(2)29-30/h4-11,31H,12-13H2,1-3H3. The third kappa shape index (κ3) is 4.13. The molecule has 0 saturated heterocycles. The summed E-state index contributed by atoms with van der Waals surface area (Å²) in [6, 6.07) is 13.7. The van der Waals surface area contributed by atoms with Gasteiger partial charge in [0.1, 0.15) is 39.4 Å². The first-order valence-electron chi connectivity index (χ1n) is 11.2. The van der Waals surface area contributed by atoms with Crippen molar-refractivity contribution < 1.29 is 19.0 Å². The number of hydrogen-bond acceptors (Lipinski definition) is 9. The van der Waals surface area contributed by atoms with E-state index in [0.717, 1.165) is 42.1 Å². The van der Waals surface area contributed by atoms with E-state index in [4.69, 9.17) is 13.9 Å². The molecule has 0 amide bonds. The van der Waals surface area contributed by atoms with Gasteiger partial charge in [0.05, 0.1) is 31.0 Å². The van der Waals surface area contributed by atoms with Gasteiger partial charge in [-0.2, -0.15) is 5.10 Å². The number of aryl methyl sites for hydroxylation is 2. The fraction of sp³-hybridized carbons (Fsp3) is 0.192. The van der Waals surface area contributed by atoms with Crippen molar-refractivity contribution in [2.45, 2.75) is 27.1 Å². The van der Waals surface area contributed by atoms with E-state index >= 15 is 0 Å². The molecule has 6 rings (SSSR count). The zero-order valence-electron chi connectivity index (χ0n) is 19.8. The zero-order valence-corrected chi connectivity index (χ0v) is 21.4. The summed E-state index contributed by atoms with van der Waals surface area (Å²) in [5.74, 6) is 1.94. The second kappa shape index (κ2) is 9.05. The molecule has 2 aromatic carbocycles. The number of aromatic nitrogens is 4. The number of thiazole rings is 1. The van der Waals surface area contributed by atoms with Crippen molar-refractivity contribution in [3.05, 3.63) is 69.8 Å². The van der Waals surface area contributed by atoms with Gasteiger partial charge in [0, 0.05) is 22.6 Å². The molecule has 6 aromatic rings. The summed E-state index contributed by atoms with van der Waals surface area (Å²) >= 11 is 3.10. The normalized spacial score (nSPS) is 11.6. The minimum atomic E-state index is -0.0586. The highest BCUT2D eigenvalue weighted by atomic mass is 32.1. The predicted octanol–water partition coefficient (Wildman–Crippen LogP) is 6.02. The van der Waals surface area contributed by atoms with E-state index in [1.165, 1.54) is 11.3 Å². The van der Waals surface area contributed by atoms with Crippen LogP contribution in [-0.2, 0) is 13.2 Å². The van der Waals surface area contributed by atoms with E-state index in [0.29, 0.717) is 35.1 Å². The number of rotatable bonds is 7. The maximum atomic E-state index is 9.48. The van der Waals surface area contributed by atoms with Crippen LogP contribution in [0.5, 0.6) is 11.5 Å². The fourth-order valence-corrected chi connectivity index (χ4v) is 5.66. The molecule has 182 valence electrons. The number of furan rings is 1. The van der Waals surface area contributed by atoms with E-state index in [-0.39, 0.29) is 6.61 Å². The molecule has 36 heavy (non-hydrogen) atoms. The van der Waals surface area contributed by atoms with Gasteiger partial charge in [0.15, 0.2) is 5.76 Å². The van der Waals surface area contributed by atoms with E-state index in [1.54, 1.807) is 23.0 Å². The molecule has 0 unspecified atom stereocenters. The quantitative estimate of drug-likeness (QED) is 0.276. The lowest BCUT2D eigenvalue weighted by Crippen LogP contribution is -1.97. The Hall–Kier alpha value is -3.73. The minimum Gasteiger partial charge on any atom is -0.496 e. The molecule has 0 aliphatic rings. The number of ether oxygens (including phenoxy) is 2. The van der Waals surface area contributed by atoms with E-state index < -0.39 is 0 Å². The summed E-state index contributed by atoms with van der Waals surface area (Å²) in [6.45, 7) is 4.22. The van der Waals surface area contributed by atoms with Gasteiger partial charge in [-0.15, -0.1) is 11.3 Å². The van der Waals surface area contributed by atoms with Crippen LogP contribution in [0.2, 0.25) is 0 Å². The van der Waals surface area contributed by atoms with E-state index in [1.807, 2.05) is 56.4 Å². The molecule has 4 aromatic heterocycles. The van der Waals surface area contributed by atoms with Crippen LogP contribution in [0.15, 0.2) is 53.1 Å². The van der Waals surface area contributed by atoms with Crippen molar-refractivity contribution in [1.29, 1.82) is 0 Å². The van der Waals surface area contributed by atoms with Crippen LogP contribution in [-0.4, -0.2) is 31.8 Å². The number of hydrogen-bond donors (Lipinski definition) is 1. The Morgan fingerprint density at radius 3 is 2.75 bits per heavy atom. The Kier molecular flexibility index (Phi) is 5.71. The predicted molar refractivity (Wildman–Crippen MR) is 140 cm³/mol. The summed E-state index contributed by atoms with van der Waals surface area (Å²) in [6.07, 6.45) is 1.86. The number of aliphatic hydroxyl groups excluding tert-OH is 1. The van der Waals surface area contributed by atoms with Crippen LogP contribution >= 0.6 is 22.7 Å². The lowest BCUT2D eigenvalue weighted by molar-refractivity contribution is 0.277. The summed E-state index contributed by atoms with van der Waals surface area (Å²) in [7, 11) is 1.62. The van der Waals surface area contributed by atoms with Crippen LogP contribution in [0.4, 0.5) is 0 Å². The Morgan fingerprint density at radius 1 is 1.08 bits per heavy atom. The Balaban J connectivity index is 1.30. The van der Waals surface area contributed by atoms with Crippen LogP contribution in [0.3, 0.4) is 0 Å². The highest BCUT2D eigenvalue weighted by molar-refractivity contribution is 7.16. The number of imidazole rings is 1. The Labute approximate surface area is 214 Å². The van der Waals surface area contributed by atoms with Crippen molar-refractivity contribution in [1.82, 2.24) is 19.6 Å². The van der Waals surface area contributed by atoms with Crippen molar-refractivity contribution in [2.24, 2.45) is 0 Å². The highest BCUT2D eigenvalue weighted by Gasteiger charge is 2.17. The van der Waals surface area contributed by atoms with Gasteiger partial charge in [-0.05, 0) is 31.5 Å². The maximum Gasteiger partial charge on any atom is 0.212 e. The number of fused-ring (bicyclic) bond motifs is 2. The van der Waals surface area contributed by atoms with Gasteiger partial charge < -0.3 is 19.0 Å². The molecule has 4 heterocycles. The molecular formula is C26H22N4O4S2. The van der Waals surface area contributed by atoms with Gasteiger partial charge in [-0.1, -0.05) is 29.5 Å². The lowest BCUT2D eigenvalue weighted by Gasteiger charge is -2.10. The van der Waals surface area contributed by atoms with Crippen molar-refractivity contribution in [3.8, 4) is 33.5 Å². The van der Waals surface area contributed by atoms with Crippen LogP contribution < -0.4 is 9.47 Å². The molecule has 0 saturated carbocycles. The second-order valence-corrected chi connectivity index (χ2v) is 10.7. The van der Waals surface area contributed by atoms with Gasteiger partial charge in [-0.3, -0.25) is 0 Å². The molecule has 0 bridgehead atoms. The van der Waals surface area contributed by atoms with Crippen molar-refractivity contribution >= 4 is 38.6 Å². The van der Waals surface area contributed by atoms with Gasteiger partial charge in [-0.25, -0.2) is 14.5 Å². The Bertz CT molecular complexity index is 1680. The third-order valence-electron chi connectivity index (χ3n) is 5.82. The first-order valence-corrected chi connectivity index (χ1v) is 12.9. The fourth-order valence-electron chi connectivity index (χ4n) is 4.02. The monoisotopic (exact) mass is 518 g/mol. The van der Waals surface area contributed by atoms with Gasteiger partial charge in [0.25, 0.3) is 0 Å². The van der Waals surface area contributed by atoms with Gasteiger partial charge >= 0.3 is 0 Å². The molecule has 1 N–H and O–H groups in total. The molecule has 0 aliphatic heterocycles. The maximum absolute atomic E-state index is 9.48. The molecular weight excluding hydrogens is 496 g/mol. The second-order valence-electron chi connectivity index (χ2n) is 8.29. The van der Waals surface area contributed by atoms with E-state index in [2.05, 4.69) is 21.1 Å². The third-order valence-corrected chi connectivity index (χ3v) is 7.72. The molecule has 0 aliphatic carbocycles. The smallest absolute Gasteiger partial charge is 0.212 e. The first-order chi connectivity index (χ1) is 17.5. The number of methoxy groups -OCH3 is 1. The average molecular weight is 519 g/mol. The Morgan fingerprint density at radius 2 is 1.97 bits per heavy atom. The van der Waals surface area contributed by atoms with Crippen LogP contribution in [0.25, 0.3) is 38.0 Å². The van der Waals surface area contributed by atoms with Crippen LogP contribution in [0, 0.1) is 13.8 Å². The summed E-state index contributed by atoms with van der Waals surface area (Å²) < 4.78 is 19.6. The molecule has 0 spiro atoms. The average Bonchev–Trinajstić information content (AvgIpc) is 3.64. The molecule has 0 radical (unpaired) electrons. The summed E-state index contributed by atoms with van der Waals surface area (Å²) in [4.78, 5) is 11.0. The minimum absolute atomic E-state index is 0.0586. The topological polar surface area (TPSA) is 94.9 Å². The van der Waals surface area contributed by atoms with Crippen molar-refractivity contribution in [2.75, 3.05) is 7.11 Å². The number of aliphatic hydroxyl groups is 1. The SMILES string of the molecule is COc1cc(OCc2cccc(-c3nc(CO)c(C)s3)c2)c2cc(-c3cn4nc(C)sc4n3)oc2c1. The zero-order chi connectivity index (χ0) is 24.8. The summed E-state index contributed by atoms with van der Waals surface area (Å²) in [5.41, 5.74) is 4.08. The number of nitrogens with zero attached hydrogens (tertiary/aromatic N) is 4. The molecule has 0 fully saturated rings. The highest BCUT2D eigenvalue weighted by Crippen LogP contribution is 2.37. The molecule has 0 atom stereocenters. The largest absolute Gasteiger partial charge is 0.496 e. The van der Waals surface area contributed by atoms with Crippen LogP contribution in [0.1, 0.15) is 21.1 Å². The lowest BCUT2D eigenvalue weighted by atomic mass is 10.1. The van der Waals surface area contributed by atoms with Gasteiger partial charge in [0.2, 0.25) is 4.96 Å². The first kappa shape index (κ1) is 22.7. The summed E-state index contributed by atoms with van der Waals surface area (Å²) in [5, 5.41) is 16.6. The molecule has 10 heteroatoms. The van der Waals surface area contributed by atoms with E-state index in [9.17, 15) is 5.11 Å². The van der Waals surface area contributed by atoms with Crippen molar-refractivity contribution in [3.63, 3.8) is 0 Å².